The van der Waals surface area contributed by atoms with Crippen molar-refractivity contribution in [2.45, 2.75) is 31.8 Å². The molecule has 0 aromatic carbocycles. The van der Waals surface area contributed by atoms with Gasteiger partial charge in [-0.1, -0.05) is 12.5 Å². The van der Waals surface area contributed by atoms with Crippen molar-refractivity contribution in [1.29, 1.82) is 0 Å². The van der Waals surface area contributed by atoms with E-state index in [1.54, 1.807) is 23.3 Å². The van der Waals surface area contributed by atoms with Gasteiger partial charge < -0.3 is 10.6 Å². The number of halogens is 1. The highest BCUT2D eigenvalue weighted by Gasteiger charge is 2.18. The van der Waals surface area contributed by atoms with Crippen molar-refractivity contribution in [3.63, 3.8) is 0 Å². The largest absolute Gasteiger partial charge is 0.355 e. The van der Waals surface area contributed by atoms with Crippen molar-refractivity contribution >= 4 is 16.7 Å². The Morgan fingerprint density at radius 3 is 3.03 bits per heavy atom. The lowest BCUT2D eigenvalue weighted by Gasteiger charge is -2.24. The molecular formula is C22H25FN8. The van der Waals surface area contributed by atoms with E-state index in [-0.39, 0.29) is 12.6 Å². The number of anilines is 1. The van der Waals surface area contributed by atoms with Crippen molar-refractivity contribution in [3.8, 4) is 22.6 Å². The second-order valence-electron chi connectivity index (χ2n) is 7.95. The summed E-state index contributed by atoms with van der Waals surface area (Å²) in [7, 11) is 0. The second kappa shape index (κ2) is 8.43. The van der Waals surface area contributed by atoms with Crippen LogP contribution in [0.15, 0.2) is 42.9 Å². The average Bonchev–Trinajstić information content (AvgIpc) is 3.37. The number of aryl methyl sites for hydroxylation is 1. The molecule has 160 valence electrons. The van der Waals surface area contributed by atoms with Crippen LogP contribution in [0.3, 0.4) is 0 Å². The standard InChI is InChI=1S/C22H25FN8/c23-7-9-31-13-15(11-26-31)19-10-17-20(12-25-19)28-29-22(17)18-5-3-6-21(27-18)30-8-2-1-4-16(24)14-30/h3,5-6,10-13,16H,1-2,4,7-9,14,24H2,(H,28,29)/t16-/m0/s1. The van der Waals surface area contributed by atoms with Gasteiger partial charge in [-0.25, -0.2) is 9.37 Å². The van der Waals surface area contributed by atoms with Gasteiger partial charge in [0.05, 0.1) is 35.8 Å². The molecule has 0 bridgehead atoms. The van der Waals surface area contributed by atoms with Crippen LogP contribution < -0.4 is 10.6 Å². The quantitative estimate of drug-likeness (QED) is 0.514. The zero-order valence-corrected chi connectivity index (χ0v) is 17.2. The first-order valence-electron chi connectivity index (χ1n) is 10.6. The van der Waals surface area contributed by atoms with Crippen LogP contribution in [0.25, 0.3) is 33.5 Å². The summed E-state index contributed by atoms with van der Waals surface area (Å²) in [6, 6.07) is 8.16. The van der Waals surface area contributed by atoms with Gasteiger partial charge in [-0.3, -0.25) is 14.8 Å². The molecule has 1 atom stereocenters. The number of rotatable bonds is 5. The van der Waals surface area contributed by atoms with Crippen LogP contribution in [0.4, 0.5) is 10.2 Å². The van der Waals surface area contributed by atoms with Gasteiger partial charge in [-0.15, -0.1) is 0 Å². The van der Waals surface area contributed by atoms with E-state index in [0.717, 1.165) is 71.7 Å². The number of H-pyrrole nitrogens is 1. The van der Waals surface area contributed by atoms with E-state index < -0.39 is 6.67 Å². The van der Waals surface area contributed by atoms with E-state index in [1.807, 2.05) is 24.3 Å². The van der Waals surface area contributed by atoms with E-state index in [1.165, 1.54) is 0 Å². The normalized spacial score (nSPS) is 17.2. The molecule has 1 aliphatic rings. The van der Waals surface area contributed by atoms with Crippen LogP contribution in [0, 0.1) is 0 Å². The third-order valence-electron chi connectivity index (χ3n) is 5.70. The van der Waals surface area contributed by atoms with Crippen LogP contribution in [0.2, 0.25) is 0 Å². The summed E-state index contributed by atoms with van der Waals surface area (Å²) in [4.78, 5) is 11.7. The van der Waals surface area contributed by atoms with Crippen molar-refractivity contribution in [3.05, 3.63) is 42.9 Å². The molecule has 0 aliphatic carbocycles. The van der Waals surface area contributed by atoms with Gasteiger partial charge in [-0.2, -0.15) is 10.2 Å². The number of nitrogens with two attached hydrogens (primary N) is 1. The lowest BCUT2D eigenvalue weighted by Crippen LogP contribution is -2.36. The summed E-state index contributed by atoms with van der Waals surface area (Å²) in [6.45, 7) is 1.55. The Labute approximate surface area is 179 Å². The lowest BCUT2D eigenvalue weighted by molar-refractivity contribution is 0.427. The van der Waals surface area contributed by atoms with Gasteiger partial charge in [0, 0.05) is 36.3 Å². The first-order chi connectivity index (χ1) is 15.2. The molecular weight excluding hydrogens is 395 g/mol. The summed E-state index contributed by atoms with van der Waals surface area (Å²) < 4.78 is 14.2. The minimum Gasteiger partial charge on any atom is -0.355 e. The highest BCUT2D eigenvalue weighted by atomic mass is 19.1. The molecule has 1 fully saturated rings. The van der Waals surface area contributed by atoms with E-state index in [9.17, 15) is 4.39 Å². The Bertz CT molecular complexity index is 1180. The van der Waals surface area contributed by atoms with Gasteiger partial charge in [0.2, 0.25) is 0 Å². The fourth-order valence-electron chi connectivity index (χ4n) is 4.09. The summed E-state index contributed by atoms with van der Waals surface area (Å²) in [6.07, 6.45) is 8.58. The number of nitrogens with zero attached hydrogens (tertiary/aromatic N) is 6. The van der Waals surface area contributed by atoms with Crippen LogP contribution in [-0.2, 0) is 6.54 Å². The fraction of sp³-hybridized carbons (Fsp3) is 0.364. The number of hydrogen-bond acceptors (Lipinski definition) is 6. The molecule has 8 nitrogen and oxygen atoms in total. The predicted octanol–water partition coefficient (Wildman–Crippen LogP) is 3.17. The Morgan fingerprint density at radius 2 is 2.13 bits per heavy atom. The van der Waals surface area contributed by atoms with Crippen LogP contribution in [-0.4, -0.2) is 55.8 Å². The molecule has 0 amide bonds. The third-order valence-corrected chi connectivity index (χ3v) is 5.70. The summed E-state index contributed by atoms with van der Waals surface area (Å²) >= 11 is 0. The molecule has 4 aromatic rings. The van der Waals surface area contributed by atoms with Gasteiger partial charge >= 0.3 is 0 Å². The molecule has 0 saturated carbocycles. The molecule has 0 spiro atoms. The van der Waals surface area contributed by atoms with Gasteiger partial charge in [0.15, 0.2) is 0 Å². The maximum Gasteiger partial charge on any atom is 0.129 e. The molecule has 0 radical (unpaired) electrons. The zero-order chi connectivity index (χ0) is 21.2. The molecule has 0 unspecified atom stereocenters. The monoisotopic (exact) mass is 420 g/mol. The number of aromatic amines is 1. The van der Waals surface area contributed by atoms with Gasteiger partial charge in [-0.05, 0) is 31.0 Å². The Kier molecular flexibility index (Phi) is 5.33. The van der Waals surface area contributed by atoms with Crippen molar-refractivity contribution in [1.82, 2.24) is 29.9 Å². The first-order valence-corrected chi connectivity index (χ1v) is 10.6. The van der Waals surface area contributed by atoms with E-state index in [0.29, 0.717) is 0 Å². The van der Waals surface area contributed by atoms with Gasteiger partial charge in [0.1, 0.15) is 18.2 Å². The van der Waals surface area contributed by atoms with Gasteiger partial charge in [0.25, 0.3) is 0 Å². The minimum absolute atomic E-state index is 0.172. The highest BCUT2D eigenvalue weighted by molar-refractivity contribution is 5.93. The maximum absolute atomic E-state index is 12.6. The predicted molar refractivity (Wildman–Crippen MR) is 118 cm³/mol. The average molecular weight is 420 g/mol. The molecule has 4 aromatic heterocycles. The number of pyridine rings is 2. The Balaban J connectivity index is 1.50. The number of hydrogen-bond donors (Lipinski definition) is 2. The number of nitrogens with one attached hydrogen (secondary N) is 1. The van der Waals surface area contributed by atoms with Crippen molar-refractivity contribution < 1.29 is 4.39 Å². The summed E-state index contributed by atoms with van der Waals surface area (Å²) in [5.41, 5.74) is 10.2. The topological polar surface area (TPSA) is 102 Å². The van der Waals surface area contributed by atoms with Crippen LogP contribution in [0.1, 0.15) is 19.3 Å². The smallest absolute Gasteiger partial charge is 0.129 e. The van der Waals surface area contributed by atoms with Crippen molar-refractivity contribution in [2.75, 3.05) is 24.7 Å². The molecule has 9 heteroatoms. The maximum atomic E-state index is 12.6. The molecule has 31 heavy (non-hydrogen) atoms. The van der Waals surface area contributed by atoms with E-state index in [4.69, 9.17) is 10.7 Å². The van der Waals surface area contributed by atoms with Crippen LogP contribution in [0.5, 0.6) is 0 Å². The highest BCUT2D eigenvalue weighted by Crippen LogP contribution is 2.29. The molecule has 1 saturated heterocycles. The number of fused-ring (bicyclic) bond motifs is 1. The van der Waals surface area contributed by atoms with Crippen molar-refractivity contribution in [2.24, 2.45) is 5.73 Å². The third kappa shape index (κ3) is 4.00. The second-order valence-corrected chi connectivity index (χ2v) is 7.95. The Hall–Kier alpha value is -3.33. The SMILES string of the molecule is N[C@H]1CCCCN(c2cccc(-c3n[nH]c4cnc(-c5cnn(CCF)c5)cc34)n2)C1. The lowest BCUT2D eigenvalue weighted by atomic mass is 10.1. The number of aromatic nitrogens is 6. The summed E-state index contributed by atoms with van der Waals surface area (Å²) in [5.74, 6) is 0.924. The molecule has 5 rings (SSSR count). The molecule has 5 heterocycles. The first kappa shape index (κ1) is 19.6. The number of alkyl halides is 1. The van der Waals surface area contributed by atoms with E-state index in [2.05, 4.69) is 25.2 Å². The van der Waals surface area contributed by atoms with Crippen LogP contribution >= 0.6 is 0 Å². The Morgan fingerprint density at radius 1 is 1.19 bits per heavy atom. The zero-order valence-electron chi connectivity index (χ0n) is 17.2. The van der Waals surface area contributed by atoms with E-state index >= 15 is 0 Å². The minimum atomic E-state index is -0.455. The molecule has 1 aliphatic heterocycles. The summed E-state index contributed by atoms with van der Waals surface area (Å²) in [5, 5.41) is 12.7. The molecule has 3 N–H and O–H groups in total. The fourth-order valence-corrected chi connectivity index (χ4v) is 4.09.